The van der Waals surface area contributed by atoms with E-state index in [1.54, 1.807) is 71.7 Å². The molecule has 0 aromatic heterocycles. The van der Waals surface area contributed by atoms with Crippen LogP contribution < -0.4 is 9.47 Å². The predicted molar refractivity (Wildman–Crippen MR) is 289 cm³/mol. The molecule has 2 fully saturated rings. The van der Waals surface area contributed by atoms with Crippen LogP contribution in [0.15, 0.2) is 107 Å². The van der Waals surface area contributed by atoms with Gasteiger partial charge in [0.15, 0.2) is 17.2 Å². The highest BCUT2D eigenvalue weighted by molar-refractivity contribution is 7.98. The van der Waals surface area contributed by atoms with Crippen LogP contribution in [0.2, 0.25) is 0 Å². The highest BCUT2D eigenvalue weighted by Crippen LogP contribution is 2.42. The quantitative estimate of drug-likeness (QED) is 0.0587. The normalized spacial score (nSPS) is 18.3. The molecule has 2 saturated heterocycles. The number of amides is 2. The first-order chi connectivity index (χ1) is 35.6. The van der Waals surface area contributed by atoms with Gasteiger partial charge in [0.1, 0.15) is 18.1 Å². The van der Waals surface area contributed by atoms with E-state index in [9.17, 15) is 39.0 Å². The molecule has 0 bridgehead atoms. The van der Waals surface area contributed by atoms with Crippen molar-refractivity contribution in [1.29, 1.82) is 0 Å². The second-order valence-corrected chi connectivity index (χ2v) is 22.0. The predicted octanol–water partition coefficient (Wildman–Crippen LogP) is 11.4. The summed E-state index contributed by atoms with van der Waals surface area (Å²) in [5, 5.41) is 20.5. The van der Waals surface area contributed by atoms with Crippen molar-refractivity contribution < 1.29 is 57.9 Å². The Bertz CT molecular complexity index is 2930. The Hall–Kier alpha value is -6.78. The van der Waals surface area contributed by atoms with E-state index in [-0.39, 0.29) is 63.3 Å². The van der Waals surface area contributed by atoms with E-state index in [1.165, 1.54) is 25.7 Å². The van der Waals surface area contributed by atoms with E-state index in [1.807, 2.05) is 101 Å². The maximum absolute atomic E-state index is 14.3. The number of aliphatic carboxylic acids is 2. The van der Waals surface area contributed by atoms with Gasteiger partial charge in [0.05, 0.1) is 6.61 Å². The number of rotatable bonds is 19. The number of hydrogen-bond donors (Lipinski definition) is 2. The fourth-order valence-corrected chi connectivity index (χ4v) is 10.9. The number of carboxylic acid groups (broad SMARTS) is 2. The molecule has 0 saturated carbocycles. The molecule has 2 heterocycles. The van der Waals surface area contributed by atoms with Gasteiger partial charge >= 0.3 is 24.1 Å². The van der Waals surface area contributed by atoms with Crippen LogP contribution in [0.3, 0.4) is 0 Å². The summed E-state index contributed by atoms with van der Waals surface area (Å²) < 4.78 is 23.7. The summed E-state index contributed by atoms with van der Waals surface area (Å²) in [4.78, 5) is 85.5. The second-order valence-electron chi connectivity index (χ2n) is 20.2. The van der Waals surface area contributed by atoms with Crippen molar-refractivity contribution >= 4 is 59.2 Å². The lowest BCUT2D eigenvalue weighted by molar-refractivity contribution is -0.154. The van der Waals surface area contributed by atoms with Crippen LogP contribution in [-0.4, -0.2) is 112 Å². The maximum atomic E-state index is 14.3. The van der Waals surface area contributed by atoms with Gasteiger partial charge in [-0.05, 0) is 137 Å². The van der Waals surface area contributed by atoms with Crippen molar-refractivity contribution in [3.8, 4) is 11.5 Å². The number of Topliss-reactive ketones (excluding diaryl/α,β-unsaturated/α-hetero) is 2. The number of ketones is 2. The number of carboxylic acids is 2. The van der Waals surface area contributed by atoms with Crippen molar-refractivity contribution in [2.75, 3.05) is 45.3 Å². The molecule has 0 aliphatic carbocycles. The average Bonchev–Trinajstić information content (AvgIpc) is 4.04. The van der Waals surface area contributed by atoms with Crippen LogP contribution in [0.4, 0.5) is 9.59 Å². The largest absolute Gasteiger partial charge is 0.478 e. The summed E-state index contributed by atoms with van der Waals surface area (Å²) in [7, 11) is 0. The van der Waals surface area contributed by atoms with Crippen LogP contribution in [0, 0.1) is 39.5 Å². The molecule has 396 valence electrons. The van der Waals surface area contributed by atoms with E-state index >= 15 is 0 Å². The Morgan fingerprint density at radius 2 is 1.00 bits per heavy atom. The highest BCUT2D eigenvalue weighted by Gasteiger charge is 2.44. The molecular weight excluding hydrogens is 993 g/mol. The minimum atomic E-state index is -1.74. The van der Waals surface area contributed by atoms with E-state index in [2.05, 4.69) is 0 Å². The van der Waals surface area contributed by atoms with Crippen LogP contribution in [0.1, 0.15) is 105 Å². The van der Waals surface area contributed by atoms with Gasteiger partial charge in [0, 0.05) is 77.2 Å². The van der Waals surface area contributed by atoms with E-state index < -0.39 is 53.1 Å². The molecule has 14 nitrogen and oxygen atoms in total. The summed E-state index contributed by atoms with van der Waals surface area (Å²) in [6, 6.07) is 29.5. The Balaban J connectivity index is 1.07. The van der Waals surface area contributed by atoms with Gasteiger partial charge in [-0.3, -0.25) is 9.59 Å². The average molecular weight is 1060 g/mol. The maximum Gasteiger partial charge on any atom is 0.410 e. The first-order valence-corrected chi connectivity index (χ1v) is 27.4. The second kappa shape index (κ2) is 23.4. The Morgan fingerprint density at radius 3 is 1.41 bits per heavy atom. The monoisotopic (exact) mass is 1060 g/mol. The standard InChI is InChI=1S/C59H66N2O12S2/c1-11-70-56(68)60-29-46(48(31-60)50(62)40-15-19-44(74-9)20-16-40)43-25-36(4)53(37(5)26-43)73-59(8,55(66)67)28-38-13-12-14-39(27-38)33-71-57(69)61-30-47(49(32-61)51(63)41-17-21-45(75-10)22-18-41)42-23-34(2)52(35(3)24-42)72-58(6,7)54(64)65/h12-27,46-49H,11,28-33H2,1-10H3,(H,64,65)(H,66,67)/t46-,47+,48+,49-,59?/m1/s1. The summed E-state index contributed by atoms with van der Waals surface area (Å²) >= 11 is 3.15. The number of nitrogens with zero attached hydrogens (tertiary/aromatic N) is 2. The van der Waals surface area contributed by atoms with Gasteiger partial charge < -0.3 is 39.0 Å². The van der Waals surface area contributed by atoms with Crippen molar-refractivity contribution in [3.63, 3.8) is 0 Å². The van der Waals surface area contributed by atoms with Crippen LogP contribution >= 0.6 is 23.5 Å². The van der Waals surface area contributed by atoms with Gasteiger partial charge in [0.25, 0.3) is 0 Å². The van der Waals surface area contributed by atoms with Crippen molar-refractivity contribution in [1.82, 2.24) is 9.80 Å². The highest BCUT2D eigenvalue weighted by atomic mass is 32.2. The van der Waals surface area contributed by atoms with Gasteiger partial charge in [-0.2, -0.15) is 0 Å². The molecule has 16 heteroatoms. The summed E-state index contributed by atoms with van der Waals surface area (Å²) in [5.41, 5.74) is 3.47. The number of thioether (sulfide) groups is 2. The number of hydrogen-bond acceptors (Lipinski definition) is 12. The molecular formula is C59H66N2O12S2. The molecule has 2 amide bonds. The molecule has 2 aliphatic rings. The third-order valence-electron chi connectivity index (χ3n) is 14.2. The molecule has 0 spiro atoms. The van der Waals surface area contributed by atoms with Gasteiger partial charge in [-0.25, -0.2) is 19.2 Å². The van der Waals surface area contributed by atoms with Crippen LogP contribution in [-0.2, 0) is 32.1 Å². The molecule has 7 rings (SSSR count). The number of ether oxygens (including phenoxy) is 4. The van der Waals surface area contributed by atoms with Crippen molar-refractivity contribution in [3.05, 3.63) is 153 Å². The fraction of sp³-hybridized carbons (Fsp3) is 0.390. The molecule has 2 aliphatic heterocycles. The van der Waals surface area contributed by atoms with E-state index in [4.69, 9.17) is 18.9 Å². The number of likely N-dealkylation sites (tertiary alicyclic amines) is 2. The lowest BCUT2D eigenvalue weighted by atomic mass is 9.82. The smallest absolute Gasteiger partial charge is 0.410 e. The topological polar surface area (TPSA) is 186 Å². The van der Waals surface area contributed by atoms with Gasteiger partial charge in [-0.15, -0.1) is 23.5 Å². The van der Waals surface area contributed by atoms with Crippen molar-refractivity contribution in [2.24, 2.45) is 11.8 Å². The van der Waals surface area contributed by atoms with Crippen LogP contribution in [0.5, 0.6) is 11.5 Å². The fourth-order valence-electron chi connectivity index (χ4n) is 10.1. The van der Waals surface area contributed by atoms with Gasteiger partial charge in [0.2, 0.25) is 5.60 Å². The molecule has 5 aromatic rings. The first-order valence-electron chi connectivity index (χ1n) is 24.9. The SMILES string of the molecule is CCOC(=O)N1C[C@H](C(=O)c2ccc(SC)cc2)[C@@H](c2cc(C)c(OC(C)(Cc3cccc(COC(=O)N4C[C@@H](C(=O)c5ccc(SC)cc5)[C@H](c5cc(C)c(OC(C)(C)C(=O)O)c(C)c5)C4)c3)C(=O)O)c(C)c2)C1. The third-order valence-corrected chi connectivity index (χ3v) is 15.7. The van der Waals surface area contributed by atoms with Gasteiger partial charge in [-0.1, -0.05) is 72.8 Å². The summed E-state index contributed by atoms with van der Waals surface area (Å²) in [6.07, 6.45) is 2.78. The Kier molecular flexibility index (Phi) is 17.5. The lowest BCUT2D eigenvalue weighted by Crippen LogP contribution is -2.44. The molecule has 0 radical (unpaired) electrons. The number of aryl methyl sites for hydroxylation is 4. The number of benzene rings is 5. The summed E-state index contributed by atoms with van der Waals surface area (Å²) in [6.45, 7) is 14.4. The minimum Gasteiger partial charge on any atom is -0.478 e. The molecule has 75 heavy (non-hydrogen) atoms. The Labute approximate surface area is 447 Å². The van der Waals surface area contributed by atoms with E-state index in [0.29, 0.717) is 56.0 Å². The molecule has 5 atom stereocenters. The zero-order valence-corrected chi connectivity index (χ0v) is 45.8. The summed E-state index contributed by atoms with van der Waals surface area (Å²) in [5.74, 6) is -3.59. The number of carbonyl (C=O) groups excluding carboxylic acids is 4. The number of carbonyl (C=O) groups is 6. The molecule has 2 N–H and O–H groups in total. The zero-order chi connectivity index (χ0) is 54.5. The molecule has 5 aromatic carbocycles. The zero-order valence-electron chi connectivity index (χ0n) is 44.2. The third kappa shape index (κ3) is 12.7. The Morgan fingerprint density at radius 1 is 0.573 bits per heavy atom. The van der Waals surface area contributed by atoms with Crippen LogP contribution in [0.25, 0.3) is 0 Å². The van der Waals surface area contributed by atoms with E-state index in [0.717, 1.165) is 20.9 Å². The lowest BCUT2D eigenvalue weighted by Gasteiger charge is -2.29. The minimum absolute atomic E-state index is 0.0419. The molecule has 1 unspecified atom stereocenters. The van der Waals surface area contributed by atoms with Crippen molar-refractivity contribution in [2.45, 2.75) is 101 Å². The first kappa shape index (κ1) is 56.0.